The highest BCUT2D eigenvalue weighted by Crippen LogP contribution is 2.34. The number of nitriles is 1. The molecule has 0 bridgehead atoms. The number of hydrogen-bond donors (Lipinski definition) is 2. The van der Waals surface area contributed by atoms with E-state index in [1.807, 2.05) is 6.07 Å². The van der Waals surface area contributed by atoms with Crippen LogP contribution >= 0.6 is 0 Å². The van der Waals surface area contributed by atoms with E-state index in [4.69, 9.17) is 11.0 Å². The standard InChI is InChI=1S/C15H16F2N4O2/c16-15(17,4-3-12(22)21-14(9-18)5-6-14)8-11-10(13(19)23)2-1-7-20-11/h1-2,7H,3-6,8H2,(H2,19,23)(H,21,22). The van der Waals surface area contributed by atoms with Crippen molar-refractivity contribution in [3.05, 3.63) is 29.6 Å². The number of aromatic nitrogens is 1. The minimum absolute atomic E-state index is 0.0574. The van der Waals surface area contributed by atoms with Gasteiger partial charge in [0.25, 0.3) is 11.8 Å². The zero-order valence-corrected chi connectivity index (χ0v) is 12.3. The number of hydrogen-bond acceptors (Lipinski definition) is 4. The van der Waals surface area contributed by atoms with E-state index >= 15 is 0 Å². The maximum absolute atomic E-state index is 14.0. The van der Waals surface area contributed by atoms with Crippen LogP contribution in [-0.4, -0.2) is 28.3 Å². The van der Waals surface area contributed by atoms with Crippen molar-refractivity contribution < 1.29 is 18.4 Å². The normalized spacial score (nSPS) is 15.5. The summed E-state index contributed by atoms with van der Waals surface area (Å²) in [5.41, 5.74) is 4.11. The summed E-state index contributed by atoms with van der Waals surface area (Å²) < 4.78 is 28.0. The summed E-state index contributed by atoms with van der Waals surface area (Å²) in [6.45, 7) is 0. The molecule has 2 rings (SSSR count). The second kappa shape index (κ2) is 6.28. The number of nitrogens with one attached hydrogen (secondary N) is 1. The SMILES string of the molecule is N#CC1(NC(=O)CCC(F)(F)Cc2ncccc2C(N)=O)CC1. The number of carbonyl (C=O) groups excluding carboxylic acids is 2. The number of primary amides is 1. The van der Waals surface area contributed by atoms with Crippen LogP contribution in [-0.2, 0) is 11.2 Å². The van der Waals surface area contributed by atoms with Crippen LogP contribution in [0.5, 0.6) is 0 Å². The minimum Gasteiger partial charge on any atom is -0.366 e. The Kier molecular flexibility index (Phi) is 4.59. The van der Waals surface area contributed by atoms with Crippen LogP contribution in [0.1, 0.15) is 41.7 Å². The van der Waals surface area contributed by atoms with Gasteiger partial charge in [0.05, 0.1) is 23.7 Å². The number of pyridine rings is 1. The molecule has 1 heterocycles. The van der Waals surface area contributed by atoms with E-state index in [2.05, 4.69) is 10.3 Å². The van der Waals surface area contributed by atoms with Crippen LogP contribution < -0.4 is 11.1 Å². The quantitative estimate of drug-likeness (QED) is 0.788. The van der Waals surface area contributed by atoms with Crippen LogP contribution in [0.25, 0.3) is 0 Å². The van der Waals surface area contributed by atoms with Gasteiger partial charge in [-0.3, -0.25) is 14.6 Å². The summed E-state index contributed by atoms with van der Waals surface area (Å²) in [5, 5.41) is 11.3. The predicted molar refractivity (Wildman–Crippen MR) is 76.4 cm³/mol. The molecule has 0 aliphatic heterocycles. The average Bonchev–Trinajstić information content (AvgIpc) is 3.25. The summed E-state index contributed by atoms with van der Waals surface area (Å²) in [7, 11) is 0. The molecule has 1 aromatic heterocycles. The minimum atomic E-state index is -3.21. The lowest BCUT2D eigenvalue weighted by Gasteiger charge is -2.17. The Balaban J connectivity index is 1.93. The molecule has 0 aromatic carbocycles. The predicted octanol–water partition coefficient (Wildman–Crippen LogP) is 1.31. The highest BCUT2D eigenvalue weighted by molar-refractivity contribution is 5.93. The van der Waals surface area contributed by atoms with E-state index in [1.165, 1.54) is 18.3 Å². The fraction of sp³-hybridized carbons (Fsp3) is 0.467. The molecule has 0 saturated heterocycles. The molecule has 1 saturated carbocycles. The summed E-state index contributed by atoms with van der Waals surface area (Å²) in [4.78, 5) is 26.6. The largest absolute Gasteiger partial charge is 0.366 e. The van der Waals surface area contributed by atoms with Crippen molar-refractivity contribution in [1.29, 1.82) is 5.26 Å². The molecule has 0 unspecified atom stereocenters. The third kappa shape index (κ3) is 4.45. The van der Waals surface area contributed by atoms with Gasteiger partial charge in [-0.15, -0.1) is 0 Å². The zero-order valence-electron chi connectivity index (χ0n) is 12.3. The van der Waals surface area contributed by atoms with Crippen molar-refractivity contribution >= 4 is 11.8 Å². The van der Waals surface area contributed by atoms with Gasteiger partial charge in [-0.25, -0.2) is 8.78 Å². The topological polar surface area (TPSA) is 109 Å². The monoisotopic (exact) mass is 322 g/mol. The Labute approximate surface area is 131 Å². The maximum Gasteiger partial charge on any atom is 0.254 e. The van der Waals surface area contributed by atoms with Gasteiger partial charge < -0.3 is 11.1 Å². The molecule has 0 spiro atoms. The highest BCUT2D eigenvalue weighted by atomic mass is 19.3. The molecule has 1 aromatic rings. The van der Waals surface area contributed by atoms with Crippen molar-refractivity contribution in [3.8, 4) is 6.07 Å². The first-order valence-corrected chi connectivity index (χ1v) is 7.11. The van der Waals surface area contributed by atoms with Gasteiger partial charge in [-0.1, -0.05) is 0 Å². The van der Waals surface area contributed by atoms with Crippen LogP contribution in [0.2, 0.25) is 0 Å². The van der Waals surface area contributed by atoms with Gasteiger partial charge in [-0.05, 0) is 25.0 Å². The maximum atomic E-state index is 14.0. The molecule has 1 aliphatic rings. The van der Waals surface area contributed by atoms with Crippen LogP contribution in [0.4, 0.5) is 8.78 Å². The van der Waals surface area contributed by atoms with Crippen molar-refractivity contribution in [1.82, 2.24) is 10.3 Å². The lowest BCUT2D eigenvalue weighted by atomic mass is 10.0. The van der Waals surface area contributed by atoms with Gasteiger partial charge >= 0.3 is 0 Å². The number of amides is 2. The third-order valence-corrected chi connectivity index (χ3v) is 3.64. The summed E-state index contributed by atoms with van der Waals surface area (Å²) in [6, 6.07) is 4.73. The first kappa shape index (κ1) is 16.8. The fourth-order valence-electron chi connectivity index (χ4n) is 2.15. The molecular weight excluding hydrogens is 306 g/mol. The van der Waals surface area contributed by atoms with Crippen molar-refractivity contribution in [2.75, 3.05) is 0 Å². The fourth-order valence-corrected chi connectivity index (χ4v) is 2.15. The van der Waals surface area contributed by atoms with E-state index in [1.54, 1.807) is 0 Å². The molecular formula is C15H16F2N4O2. The van der Waals surface area contributed by atoms with Gasteiger partial charge in [0.15, 0.2) is 0 Å². The summed E-state index contributed by atoms with van der Waals surface area (Å²) >= 11 is 0. The number of alkyl halides is 2. The summed E-state index contributed by atoms with van der Waals surface area (Å²) in [6.07, 6.45) is 0.504. The number of nitrogens with zero attached hydrogens (tertiary/aromatic N) is 2. The number of halogens is 2. The van der Waals surface area contributed by atoms with E-state index in [-0.39, 0.29) is 11.3 Å². The Bertz CT molecular complexity index is 666. The van der Waals surface area contributed by atoms with E-state index < -0.39 is 42.5 Å². The molecule has 3 N–H and O–H groups in total. The molecule has 23 heavy (non-hydrogen) atoms. The average molecular weight is 322 g/mol. The molecule has 1 fully saturated rings. The first-order chi connectivity index (χ1) is 10.8. The Morgan fingerprint density at radius 2 is 2.17 bits per heavy atom. The van der Waals surface area contributed by atoms with Gasteiger partial charge in [0.2, 0.25) is 5.91 Å². The molecule has 0 radical (unpaired) electrons. The van der Waals surface area contributed by atoms with E-state index in [9.17, 15) is 18.4 Å². The molecule has 0 atom stereocenters. The Morgan fingerprint density at radius 3 is 2.74 bits per heavy atom. The molecule has 6 nitrogen and oxygen atoms in total. The number of carbonyl (C=O) groups is 2. The molecule has 8 heteroatoms. The van der Waals surface area contributed by atoms with Crippen LogP contribution in [0.3, 0.4) is 0 Å². The smallest absolute Gasteiger partial charge is 0.254 e. The molecule has 1 aliphatic carbocycles. The number of nitrogens with two attached hydrogens (primary N) is 1. The zero-order chi connectivity index (χ0) is 17.1. The van der Waals surface area contributed by atoms with Crippen molar-refractivity contribution in [2.24, 2.45) is 5.73 Å². The highest BCUT2D eigenvalue weighted by Gasteiger charge is 2.44. The molecule has 2 amide bonds. The second-order valence-electron chi connectivity index (χ2n) is 5.64. The van der Waals surface area contributed by atoms with Crippen LogP contribution in [0, 0.1) is 11.3 Å². The van der Waals surface area contributed by atoms with E-state index in [0.717, 1.165) is 0 Å². The van der Waals surface area contributed by atoms with Crippen LogP contribution in [0.15, 0.2) is 18.3 Å². The lowest BCUT2D eigenvalue weighted by Crippen LogP contribution is -2.36. The summed E-state index contributed by atoms with van der Waals surface area (Å²) in [5.74, 6) is -4.62. The number of rotatable bonds is 7. The van der Waals surface area contributed by atoms with Crippen molar-refractivity contribution in [3.63, 3.8) is 0 Å². The Hall–Kier alpha value is -2.56. The van der Waals surface area contributed by atoms with E-state index in [0.29, 0.717) is 12.8 Å². The first-order valence-electron chi connectivity index (χ1n) is 7.11. The lowest BCUT2D eigenvalue weighted by molar-refractivity contribution is -0.123. The van der Waals surface area contributed by atoms with Gasteiger partial charge in [0, 0.05) is 19.0 Å². The second-order valence-corrected chi connectivity index (χ2v) is 5.64. The third-order valence-electron chi connectivity index (χ3n) is 3.64. The molecule has 122 valence electrons. The Morgan fingerprint density at radius 1 is 1.48 bits per heavy atom. The van der Waals surface area contributed by atoms with Gasteiger partial charge in [0.1, 0.15) is 5.54 Å². The van der Waals surface area contributed by atoms with Gasteiger partial charge in [-0.2, -0.15) is 5.26 Å². The van der Waals surface area contributed by atoms with Crippen molar-refractivity contribution in [2.45, 2.75) is 43.6 Å².